The van der Waals surface area contributed by atoms with Crippen LogP contribution in [0, 0.1) is 0 Å². The fraction of sp³-hybridized carbons (Fsp3) is 0.316. The summed E-state index contributed by atoms with van der Waals surface area (Å²) in [5.41, 5.74) is 0.605. The SMILES string of the molecule is COc1cccc(CNC(=O)Cn2ccc(C(=O)OC(C)C)cc2=O)c1. The Kier molecular flexibility index (Phi) is 6.54. The summed E-state index contributed by atoms with van der Waals surface area (Å²) in [5.74, 6) is -0.170. The summed E-state index contributed by atoms with van der Waals surface area (Å²) in [6.45, 7) is 3.64. The summed E-state index contributed by atoms with van der Waals surface area (Å²) in [6, 6.07) is 9.96. The highest BCUT2D eigenvalue weighted by atomic mass is 16.5. The second-order valence-corrected chi connectivity index (χ2v) is 5.96. The van der Waals surface area contributed by atoms with E-state index in [1.54, 1.807) is 21.0 Å². The molecule has 0 radical (unpaired) electrons. The van der Waals surface area contributed by atoms with Crippen LogP contribution >= 0.6 is 0 Å². The monoisotopic (exact) mass is 358 g/mol. The molecule has 0 aliphatic rings. The molecule has 2 rings (SSSR count). The van der Waals surface area contributed by atoms with Gasteiger partial charge in [-0.25, -0.2) is 4.79 Å². The molecule has 1 amide bonds. The smallest absolute Gasteiger partial charge is 0.338 e. The number of ether oxygens (including phenoxy) is 2. The zero-order chi connectivity index (χ0) is 19.1. The van der Waals surface area contributed by atoms with Crippen LogP contribution in [0.3, 0.4) is 0 Å². The third-order valence-corrected chi connectivity index (χ3v) is 3.51. The summed E-state index contributed by atoms with van der Waals surface area (Å²) < 4.78 is 11.4. The van der Waals surface area contributed by atoms with E-state index in [1.807, 2.05) is 24.3 Å². The number of amides is 1. The van der Waals surface area contributed by atoms with E-state index in [0.29, 0.717) is 12.3 Å². The van der Waals surface area contributed by atoms with E-state index >= 15 is 0 Å². The van der Waals surface area contributed by atoms with Crippen LogP contribution in [0.25, 0.3) is 0 Å². The van der Waals surface area contributed by atoms with E-state index in [4.69, 9.17) is 9.47 Å². The molecule has 0 fully saturated rings. The molecule has 0 atom stereocenters. The molecule has 1 aromatic heterocycles. The van der Waals surface area contributed by atoms with E-state index in [0.717, 1.165) is 5.56 Å². The van der Waals surface area contributed by atoms with Crippen molar-refractivity contribution < 1.29 is 19.1 Å². The highest BCUT2D eigenvalue weighted by Crippen LogP contribution is 2.12. The lowest BCUT2D eigenvalue weighted by Crippen LogP contribution is -2.32. The zero-order valence-corrected chi connectivity index (χ0v) is 15.0. The number of rotatable bonds is 7. The van der Waals surface area contributed by atoms with Gasteiger partial charge in [-0.3, -0.25) is 9.59 Å². The van der Waals surface area contributed by atoms with Crippen molar-refractivity contribution in [2.24, 2.45) is 0 Å². The first kappa shape index (κ1) is 19.2. The lowest BCUT2D eigenvalue weighted by atomic mass is 10.2. The first-order valence-electron chi connectivity index (χ1n) is 8.20. The number of hydrogen-bond donors (Lipinski definition) is 1. The van der Waals surface area contributed by atoms with E-state index < -0.39 is 11.5 Å². The van der Waals surface area contributed by atoms with Crippen molar-refractivity contribution in [1.82, 2.24) is 9.88 Å². The molecule has 1 N–H and O–H groups in total. The highest BCUT2D eigenvalue weighted by molar-refractivity contribution is 5.89. The average Bonchev–Trinajstić information content (AvgIpc) is 2.61. The molecular weight excluding hydrogens is 336 g/mol. The second-order valence-electron chi connectivity index (χ2n) is 5.96. The molecule has 0 bridgehead atoms. The number of carbonyl (C=O) groups is 2. The van der Waals surface area contributed by atoms with Crippen LogP contribution in [0.2, 0.25) is 0 Å². The third-order valence-electron chi connectivity index (χ3n) is 3.51. The lowest BCUT2D eigenvalue weighted by molar-refractivity contribution is -0.121. The number of carbonyl (C=O) groups excluding carboxylic acids is 2. The Bertz CT molecular complexity index is 842. The van der Waals surface area contributed by atoms with E-state index in [2.05, 4.69) is 5.32 Å². The Balaban J connectivity index is 1.96. The number of esters is 1. The summed E-state index contributed by atoms with van der Waals surface area (Å²) in [6.07, 6.45) is 1.14. The highest BCUT2D eigenvalue weighted by Gasteiger charge is 2.12. The van der Waals surface area contributed by atoms with Crippen LogP contribution in [0.5, 0.6) is 5.75 Å². The van der Waals surface area contributed by atoms with Crippen molar-refractivity contribution in [1.29, 1.82) is 0 Å². The first-order valence-corrected chi connectivity index (χ1v) is 8.20. The van der Waals surface area contributed by atoms with Gasteiger partial charge >= 0.3 is 5.97 Å². The summed E-state index contributed by atoms with van der Waals surface area (Å²) in [7, 11) is 1.57. The van der Waals surface area contributed by atoms with Crippen molar-refractivity contribution in [3.05, 3.63) is 64.1 Å². The van der Waals surface area contributed by atoms with Crippen LogP contribution in [0.4, 0.5) is 0 Å². The van der Waals surface area contributed by atoms with Gasteiger partial charge in [-0.15, -0.1) is 0 Å². The Morgan fingerprint density at radius 1 is 1.19 bits per heavy atom. The van der Waals surface area contributed by atoms with Gasteiger partial charge in [0.15, 0.2) is 0 Å². The first-order chi connectivity index (χ1) is 12.4. The Morgan fingerprint density at radius 2 is 1.96 bits per heavy atom. The largest absolute Gasteiger partial charge is 0.497 e. The minimum absolute atomic E-state index is 0.137. The van der Waals surface area contributed by atoms with Gasteiger partial charge in [0.05, 0.1) is 18.8 Å². The van der Waals surface area contributed by atoms with Gasteiger partial charge in [-0.05, 0) is 37.6 Å². The molecule has 138 valence electrons. The number of nitrogens with one attached hydrogen (secondary N) is 1. The van der Waals surface area contributed by atoms with Crippen molar-refractivity contribution in [2.45, 2.75) is 33.0 Å². The topological polar surface area (TPSA) is 86.6 Å². The van der Waals surface area contributed by atoms with E-state index in [1.165, 1.54) is 22.9 Å². The fourth-order valence-electron chi connectivity index (χ4n) is 2.24. The maximum atomic E-state index is 12.1. The quantitative estimate of drug-likeness (QED) is 0.762. The Morgan fingerprint density at radius 3 is 2.62 bits per heavy atom. The van der Waals surface area contributed by atoms with Crippen LogP contribution in [-0.4, -0.2) is 29.7 Å². The van der Waals surface area contributed by atoms with E-state index in [-0.39, 0.29) is 24.1 Å². The van der Waals surface area contributed by atoms with Crippen molar-refractivity contribution in [3.63, 3.8) is 0 Å². The molecule has 0 unspecified atom stereocenters. The Labute approximate surface area is 151 Å². The predicted octanol–water partition coefficient (Wildman–Crippen LogP) is 1.74. The maximum Gasteiger partial charge on any atom is 0.338 e. The fourth-order valence-corrected chi connectivity index (χ4v) is 2.24. The third kappa shape index (κ3) is 5.47. The van der Waals surface area contributed by atoms with Gasteiger partial charge in [0.25, 0.3) is 5.56 Å². The molecular formula is C19H22N2O5. The van der Waals surface area contributed by atoms with Crippen molar-refractivity contribution in [2.75, 3.05) is 7.11 Å². The predicted molar refractivity (Wildman–Crippen MR) is 96.1 cm³/mol. The number of pyridine rings is 1. The van der Waals surface area contributed by atoms with Crippen LogP contribution in [-0.2, 0) is 22.6 Å². The number of aromatic nitrogens is 1. The molecule has 0 aliphatic heterocycles. The van der Waals surface area contributed by atoms with Crippen LogP contribution in [0.1, 0.15) is 29.8 Å². The van der Waals surface area contributed by atoms with Gasteiger partial charge in [-0.2, -0.15) is 0 Å². The summed E-state index contributed by atoms with van der Waals surface area (Å²) >= 11 is 0. The summed E-state index contributed by atoms with van der Waals surface area (Å²) in [5, 5.41) is 2.74. The molecule has 2 aromatic rings. The maximum absolute atomic E-state index is 12.1. The second kappa shape index (κ2) is 8.84. The van der Waals surface area contributed by atoms with Gasteiger partial charge in [0, 0.05) is 18.8 Å². The normalized spacial score (nSPS) is 10.5. The zero-order valence-electron chi connectivity index (χ0n) is 15.0. The van der Waals surface area contributed by atoms with Gasteiger partial charge < -0.3 is 19.4 Å². The van der Waals surface area contributed by atoms with Gasteiger partial charge in [-0.1, -0.05) is 12.1 Å². The lowest BCUT2D eigenvalue weighted by Gasteiger charge is -2.10. The van der Waals surface area contributed by atoms with Crippen LogP contribution in [0.15, 0.2) is 47.4 Å². The Hall–Kier alpha value is -3.09. The molecule has 7 heteroatoms. The number of nitrogens with zero attached hydrogens (tertiary/aromatic N) is 1. The van der Waals surface area contributed by atoms with Crippen molar-refractivity contribution >= 4 is 11.9 Å². The minimum atomic E-state index is -0.563. The average molecular weight is 358 g/mol. The molecule has 26 heavy (non-hydrogen) atoms. The molecule has 1 aromatic carbocycles. The number of benzene rings is 1. The van der Waals surface area contributed by atoms with E-state index in [9.17, 15) is 14.4 Å². The van der Waals surface area contributed by atoms with Crippen molar-refractivity contribution in [3.8, 4) is 5.75 Å². The summed E-state index contributed by atoms with van der Waals surface area (Å²) in [4.78, 5) is 35.9. The molecule has 0 aliphatic carbocycles. The molecule has 0 saturated heterocycles. The minimum Gasteiger partial charge on any atom is -0.497 e. The van der Waals surface area contributed by atoms with Gasteiger partial charge in [0.2, 0.25) is 5.91 Å². The van der Waals surface area contributed by atoms with Gasteiger partial charge in [0.1, 0.15) is 12.3 Å². The number of methoxy groups -OCH3 is 1. The molecule has 0 saturated carbocycles. The molecule has 1 heterocycles. The standard InChI is InChI=1S/C19H22N2O5/c1-13(2)26-19(24)15-7-8-21(18(23)10-15)12-17(22)20-11-14-5-4-6-16(9-14)25-3/h4-10,13H,11-12H2,1-3H3,(H,20,22). The molecule has 0 spiro atoms. The van der Waals surface area contributed by atoms with Crippen LogP contribution < -0.4 is 15.6 Å². The number of hydrogen-bond acceptors (Lipinski definition) is 5. The molecule has 7 nitrogen and oxygen atoms in total.